The third kappa shape index (κ3) is 3.51. The van der Waals surface area contributed by atoms with Crippen molar-refractivity contribution in [3.05, 3.63) is 60.1 Å². The van der Waals surface area contributed by atoms with Gasteiger partial charge in [0.25, 0.3) is 0 Å². The number of methoxy groups -OCH3 is 1. The first-order valence-electron chi connectivity index (χ1n) is 9.72. The smallest absolute Gasteiger partial charge is 0.358 e. The van der Waals surface area contributed by atoms with Crippen molar-refractivity contribution in [2.45, 2.75) is 44.6 Å². The fourth-order valence-corrected chi connectivity index (χ4v) is 4.42. The van der Waals surface area contributed by atoms with Crippen LogP contribution in [0.15, 0.2) is 43.0 Å². The largest absolute Gasteiger partial charge is 0.464 e. The van der Waals surface area contributed by atoms with E-state index in [1.807, 2.05) is 16.8 Å². The van der Waals surface area contributed by atoms with Gasteiger partial charge in [-0.05, 0) is 74.3 Å². The number of imidazole rings is 1. The van der Waals surface area contributed by atoms with Crippen molar-refractivity contribution in [2.24, 2.45) is 5.92 Å². The molecule has 1 aliphatic rings. The van der Waals surface area contributed by atoms with Crippen LogP contribution in [0.25, 0.3) is 10.9 Å². The summed E-state index contributed by atoms with van der Waals surface area (Å²) in [5, 5.41) is 0.927. The third-order valence-corrected chi connectivity index (χ3v) is 6.10. The Labute approximate surface area is 163 Å². The van der Waals surface area contributed by atoms with Crippen molar-refractivity contribution < 1.29 is 13.9 Å². The third-order valence-electron chi connectivity index (χ3n) is 6.10. The molecular formula is C22H24FN3O2. The van der Waals surface area contributed by atoms with Crippen LogP contribution >= 0.6 is 0 Å². The molecular weight excluding hydrogens is 357 g/mol. The highest BCUT2D eigenvalue weighted by molar-refractivity contribution is 5.86. The first kappa shape index (κ1) is 18.6. The standard InChI is InChI=1S/C22H24FN3O2/c1-14(26-12-21(25-13-26)22(27)28-2)15-3-5-16(6-4-15)18-9-10-24-20-8-7-17(23)11-19(18)20/h7-16H,3-6H2,1-2H3/t14?,15-,16+. The normalized spacial score (nSPS) is 20.8. The molecule has 146 valence electrons. The van der Waals surface area contributed by atoms with Crippen LogP contribution in [0, 0.1) is 11.7 Å². The van der Waals surface area contributed by atoms with Gasteiger partial charge in [-0.2, -0.15) is 0 Å². The molecule has 6 heteroatoms. The number of hydrogen-bond acceptors (Lipinski definition) is 4. The van der Waals surface area contributed by atoms with Crippen molar-refractivity contribution in [1.29, 1.82) is 0 Å². The Morgan fingerprint density at radius 2 is 2.00 bits per heavy atom. The highest BCUT2D eigenvalue weighted by Gasteiger charge is 2.28. The molecule has 1 aromatic carbocycles. The molecule has 0 radical (unpaired) electrons. The van der Waals surface area contributed by atoms with Gasteiger partial charge in [-0.1, -0.05) is 0 Å². The summed E-state index contributed by atoms with van der Waals surface area (Å²) in [6.45, 7) is 2.17. The number of nitrogens with zero attached hydrogens (tertiary/aromatic N) is 3. The average Bonchev–Trinajstić information content (AvgIpc) is 3.22. The van der Waals surface area contributed by atoms with Gasteiger partial charge >= 0.3 is 5.97 Å². The molecule has 1 saturated carbocycles. The minimum atomic E-state index is -0.411. The molecule has 1 fully saturated rings. The van der Waals surface area contributed by atoms with Crippen molar-refractivity contribution >= 4 is 16.9 Å². The second kappa shape index (κ2) is 7.70. The molecule has 5 nitrogen and oxygen atoms in total. The molecule has 0 N–H and O–H groups in total. The predicted octanol–water partition coefficient (Wildman–Crippen LogP) is 4.89. The molecule has 28 heavy (non-hydrogen) atoms. The highest BCUT2D eigenvalue weighted by Crippen LogP contribution is 2.41. The topological polar surface area (TPSA) is 57.0 Å². The fraction of sp³-hybridized carbons (Fsp3) is 0.409. The summed E-state index contributed by atoms with van der Waals surface area (Å²) in [6.07, 6.45) is 9.58. The van der Waals surface area contributed by atoms with Crippen LogP contribution in [-0.2, 0) is 4.74 Å². The molecule has 4 rings (SSSR count). The molecule has 1 unspecified atom stereocenters. The van der Waals surface area contributed by atoms with Gasteiger partial charge in [0, 0.05) is 23.8 Å². The summed E-state index contributed by atoms with van der Waals surface area (Å²) in [4.78, 5) is 20.1. The van der Waals surface area contributed by atoms with E-state index in [-0.39, 0.29) is 11.9 Å². The van der Waals surface area contributed by atoms with Crippen LogP contribution < -0.4 is 0 Å². The fourth-order valence-electron chi connectivity index (χ4n) is 4.42. The zero-order chi connectivity index (χ0) is 19.7. The summed E-state index contributed by atoms with van der Waals surface area (Å²) < 4.78 is 20.5. The van der Waals surface area contributed by atoms with Crippen molar-refractivity contribution in [1.82, 2.24) is 14.5 Å². The van der Waals surface area contributed by atoms with Crippen LogP contribution in [0.2, 0.25) is 0 Å². The average molecular weight is 381 g/mol. The van der Waals surface area contributed by atoms with Crippen LogP contribution in [0.1, 0.15) is 60.6 Å². The van der Waals surface area contributed by atoms with Gasteiger partial charge in [0.05, 0.1) is 19.0 Å². The first-order valence-corrected chi connectivity index (χ1v) is 9.72. The number of halogens is 1. The number of rotatable bonds is 4. The van der Waals surface area contributed by atoms with E-state index in [9.17, 15) is 9.18 Å². The Balaban J connectivity index is 1.47. The Hall–Kier alpha value is -2.76. The summed E-state index contributed by atoms with van der Waals surface area (Å²) in [5.41, 5.74) is 2.39. The van der Waals surface area contributed by atoms with E-state index >= 15 is 0 Å². The van der Waals surface area contributed by atoms with Crippen LogP contribution in [0.5, 0.6) is 0 Å². The first-order chi connectivity index (χ1) is 13.6. The molecule has 2 aromatic heterocycles. The lowest BCUT2D eigenvalue weighted by molar-refractivity contribution is 0.0594. The number of carbonyl (C=O) groups is 1. The molecule has 1 aliphatic carbocycles. The number of aromatic nitrogens is 3. The quantitative estimate of drug-likeness (QED) is 0.604. The summed E-state index contributed by atoms with van der Waals surface area (Å²) in [5.74, 6) is 0.307. The van der Waals surface area contributed by atoms with E-state index in [0.717, 1.165) is 36.6 Å². The Morgan fingerprint density at radius 3 is 2.75 bits per heavy atom. The molecule has 0 aliphatic heterocycles. The van der Waals surface area contributed by atoms with E-state index in [0.29, 0.717) is 17.5 Å². The maximum atomic E-state index is 13.8. The number of fused-ring (bicyclic) bond motifs is 1. The van der Waals surface area contributed by atoms with Crippen molar-refractivity contribution in [3.63, 3.8) is 0 Å². The van der Waals surface area contributed by atoms with E-state index in [4.69, 9.17) is 4.74 Å². The number of esters is 1. The number of ether oxygens (including phenoxy) is 1. The van der Waals surface area contributed by atoms with Crippen LogP contribution in [-0.4, -0.2) is 27.6 Å². The van der Waals surface area contributed by atoms with Gasteiger partial charge < -0.3 is 9.30 Å². The maximum absolute atomic E-state index is 13.8. The van der Waals surface area contributed by atoms with Crippen molar-refractivity contribution in [2.75, 3.05) is 7.11 Å². The number of carbonyl (C=O) groups excluding carboxylic acids is 1. The number of benzene rings is 1. The molecule has 1 atom stereocenters. The van der Waals surface area contributed by atoms with Gasteiger partial charge in [-0.15, -0.1) is 0 Å². The summed E-state index contributed by atoms with van der Waals surface area (Å²) in [7, 11) is 1.36. The van der Waals surface area contributed by atoms with Crippen molar-refractivity contribution in [3.8, 4) is 0 Å². The van der Waals surface area contributed by atoms with E-state index in [1.54, 1.807) is 24.7 Å². The van der Waals surface area contributed by atoms with Gasteiger partial charge in [0.1, 0.15) is 5.82 Å². The van der Waals surface area contributed by atoms with Gasteiger partial charge in [0.15, 0.2) is 5.69 Å². The zero-order valence-electron chi connectivity index (χ0n) is 16.1. The van der Waals surface area contributed by atoms with Crippen LogP contribution in [0.4, 0.5) is 4.39 Å². The lowest BCUT2D eigenvalue weighted by Crippen LogP contribution is -2.21. The number of hydrogen-bond donors (Lipinski definition) is 0. The lowest BCUT2D eigenvalue weighted by Gasteiger charge is -2.33. The molecule has 0 spiro atoms. The minimum Gasteiger partial charge on any atom is -0.464 e. The minimum absolute atomic E-state index is 0.217. The zero-order valence-corrected chi connectivity index (χ0v) is 16.1. The summed E-state index contributed by atoms with van der Waals surface area (Å²) in [6, 6.07) is 7.12. The molecule has 3 aromatic rings. The van der Waals surface area contributed by atoms with E-state index in [2.05, 4.69) is 16.9 Å². The monoisotopic (exact) mass is 381 g/mol. The summed E-state index contributed by atoms with van der Waals surface area (Å²) >= 11 is 0. The molecule has 0 amide bonds. The second-order valence-electron chi connectivity index (χ2n) is 7.61. The Bertz CT molecular complexity index is 992. The lowest BCUT2D eigenvalue weighted by atomic mass is 9.75. The SMILES string of the molecule is COC(=O)c1cn(C(C)[C@H]2CC[C@@H](c3ccnc4ccc(F)cc43)CC2)cn1. The predicted molar refractivity (Wildman–Crippen MR) is 105 cm³/mol. The number of pyridine rings is 1. The molecule has 0 saturated heterocycles. The van der Waals surface area contributed by atoms with E-state index in [1.165, 1.54) is 18.7 Å². The second-order valence-corrected chi connectivity index (χ2v) is 7.61. The van der Waals surface area contributed by atoms with Gasteiger partial charge in [-0.3, -0.25) is 4.98 Å². The Kier molecular flexibility index (Phi) is 5.11. The highest BCUT2D eigenvalue weighted by atomic mass is 19.1. The van der Waals surface area contributed by atoms with Gasteiger partial charge in [0.2, 0.25) is 0 Å². The van der Waals surface area contributed by atoms with Crippen LogP contribution in [0.3, 0.4) is 0 Å². The van der Waals surface area contributed by atoms with Gasteiger partial charge in [-0.25, -0.2) is 14.2 Å². The molecule has 0 bridgehead atoms. The molecule has 2 heterocycles. The van der Waals surface area contributed by atoms with E-state index < -0.39 is 5.97 Å². The maximum Gasteiger partial charge on any atom is 0.358 e. The Morgan fingerprint density at radius 1 is 1.21 bits per heavy atom.